The van der Waals surface area contributed by atoms with Crippen LogP contribution in [0.25, 0.3) is 0 Å². The molecule has 250 valence electrons. The third kappa shape index (κ3) is 15.1. The minimum Gasteiger partial charge on any atom is -0.494 e. The summed E-state index contributed by atoms with van der Waals surface area (Å²) in [6.45, 7) is 8.78. The Morgan fingerprint density at radius 1 is 0.636 bits per heavy atom. The van der Waals surface area contributed by atoms with Crippen molar-refractivity contribution in [2.75, 3.05) is 6.61 Å². The van der Waals surface area contributed by atoms with Crippen molar-refractivity contribution in [3.8, 4) is 5.75 Å². The van der Waals surface area contributed by atoms with Gasteiger partial charge in [0, 0.05) is 19.3 Å². The molecule has 0 N–H and O–H groups in total. The fourth-order valence-corrected chi connectivity index (χ4v) is 8.31. The summed E-state index contributed by atoms with van der Waals surface area (Å²) in [5.74, 6) is 0.839. The topological polar surface area (TPSA) is 88.1 Å². The molecule has 2 rings (SSSR count). The van der Waals surface area contributed by atoms with E-state index in [-0.39, 0.29) is 25.3 Å². The molecule has 8 heteroatoms. The number of hydrogen-bond donors (Lipinski definition) is 0. The molecule has 0 atom stereocenters. The molecule has 1 fully saturated rings. The van der Waals surface area contributed by atoms with E-state index in [0.29, 0.717) is 38.2 Å². The molecule has 0 unspecified atom stereocenters. The van der Waals surface area contributed by atoms with Gasteiger partial charge in [0.2, 0.25) is 0 Å². The van der Waals surface area contributed by atoms with Gasteiger partial charge in [0.25, 0.3) is 17.9 Å². The van der Waals surface area contributed by atoms with Crippen molar-refractivity contribution in [2.24, 2.45) is 5.92 Å². The fourth-order valence-electron chi connectivity index (χ4n) is 5.95. The molecule has 1 saturated carbocycles. The zero-order valence-electron chi connectivity index (χ0n) is 28.2. The number of benzene rings is 1. The van der Waals surface area contributed by atoms with Crippen LogP contribution in [0.15, 0.2) is 24.3 Å². The minimum atomic E-state index is -3.98. The summed E-state index contributed by atoms with van der Waals surface area (Å²) in [4.78, 5) is 38.6. The van der Waals surface area contributed by atoms with Gasteiger partial charge >= 0.3 is 8.80 Å². The quantitative estimate of drug-likeness (QED) is 0.0876. The highest BCUT2D eigenvalue weighted by molar-refractivity contribution is 6.65. The molecule has 0 radical (unpaired) electrons. The van der Waals surface area contributed by atoms with Gasteiger partial charge in [-0.2, -0.15) is 0 Å². The summed E-state index contributed by atoms with van der Waals surface area (Å²) in [6.07, 6.45) is 16.4. The molecule has 0 spiro atoms. The summed E-state index contributed by atoms with van der Waals surface area (Å²) < 4.78 is 23.6. The van der Waals surface area contributed by atoms with Crippen molar-refractivity contribution in [3.05, 3.63) is 29.8 Å². The number of carbonyl (C=O) groups is 3. The maximum absolute atomic E-state index is 12.9. The molecule has 0 aliphatic heterocycles. The smallest absolute Gasteiger partial charge is 0.494 e. The summed E-state index contributed by atoms with van der Waals surface area (Å²) in [5, 5.41) is 0. The number of rotatable bonds is 23. The summed E-state index contributed by atoms with van der Waals surface area (Å²) >= 11 is 0. The molecule has 0 bridgehead atoms. The number of carbonyl (C=O) groups excluding carboxylic acids is 3. The predicted octanol–water partition coefficient (Wildman–Crippen LogP) is 9.84. The maximum atomic E-state index is 12.9. The molecule has 1 aliphatic carbocycles. The van der Waals surface area contributed by atoms with Gasteiger partial charge in [-0.15, -0.1) is 0 Å². The highest BCUT2D eigenvalue weighted by Crippen LogP contribution is 2.38. The Balaban J connectivity index is 2.05. The van der Waals surface area contributed by atoms with Crippen LogP contribution in [0, 0.1) is 5.92 Å². The monoisotopic (exact) mass is 632 g/mol. The molecular weight excluding hydrogens is 572 g/mol. The molecule has 0 saturated heterocycles. The Labute approximate surface area is 268 Å². The van der Waals surface area contributed by atoms with Crippen LogP contribution < -0.4 is 4.74 Å². The van der Waals surface area contributed by atoms with Crippen LogP contribution in [0.2, 0.25) is 6.04 Å². The lowest BCUT2D eigenvalue weighted by atomic mass is 9.77. The molecular formula is C36H60O7Si. The third-order valence-electron chi connectivity index (χ3n) is 8.55. The van der Waals surface area contributed by atoms with Crippen molar-refractivity contribution in [1.82, 2.24) is 0 Å². The Kier molecular flexibility index (Phi) is 19.1. The van der Waals surface area contributed by atoms with Crippen LogP contribution in [0.5, 0.6) is 5.75 Å². The first-order valence-corrected chi connectivity index (χ1v) is 19.7. The largest absolute Gasteiger partial charge is 0.705 e. The van der Waals surface area contributed by atoms with Gasteiger partial charge < -0.3 is 18.0 Å². The van der Waals surface area contributed by atoms with Gasteiger partial charge in [-0.1, -0.05) is 91.2 Å². The second-order valence-electron chi connectivity index (χ2n) is 12.5. The molecule has 1 aromatic rings. The van der Waals surface area contributed by atoms with Gasteiger partial charge in [-0.25, -0.2) is 0 Å². The predicted molar refractivity (Wildman–Crippen MR) is 177 cm³/mol. The summed E-state index contributed by atoms with van der Waals surface area (Å²) in [5.41, 5.74) is 1.37. The Bertz CT molecular complexity index is 880. The summed E-state index contributed by atoms with van der Waals surface area (Å²) in [6, 6.07) is 8.53. The first-order valence-electron chi connectivity index (χ1n) is 17.7. The minimum absolute atomic E-state index is 0.143. The van der Waals surface area contributed by atoms with E-state index >= 15 is 0 Å². The lowest BCUT2D eigenvalue weighted by Gasteiger charge is -2.28. The number of ether oxygens (including phenoxy) is 1. The Hall–Kier alpha value is -2.35. The van der Waals surface area contributed by atoms with E-state index < -0.39 is 26.7 Å². The van der Waals surface area contributed by atoms with Gasteiger partial charge in [0.1, 0.15) is 5.75 Å². The molecule has 7 nitrogen and oxygen atoms in total. The molecule has 0 amide bonds. The van der Waals surface area contributed by atoms with E-state index in [9.17, 15) is 14.4 Å². The van der Waals surface area contributed by atoms with E-state index in [2.05, 4.69) is 39.8 Å². The third-order valence-corrected chi connectivity index (χ3v) is 11.1. The molecule has 44 heavy (non-hydrogen) atoms. The van der Waals surface area contributed by atoms with Crippen molar-refractivity contribution in [3.63, 3.8) is 0 Å². The van der Waals surface area contributed by atoms with Gasteiger partial charge in [-0.3, -0.25) is 14.4 Å². The van der Waals surface area contributed by atoms with E-state index in [4.69, 9.17) is 18.0 Å². The lowest BCUT2D eigenvalue weighted by Crippen LogP contribution is -2.50. The van der Waals surface area contributed by atoms with Crippen LogP contribution in [-0.4, -0.2) is 33.3 Å². The van der Waals surface area contributed by atoms with Crippen LogP contribution in [-0.2, 0) is 27.7 Å². The van der Waals surface area contributed by atoms with Gasteiger partial charge in [0.05, 0.1) is 12.7 Å². The van der Waals surface area contributed by atoms with Crippen molar-refractivity contribution < 1.29 is 32.4 Å². The number of unbranched alkanes of at least 4 members (excludes halogenated alkanes) is 6. The zero-order valence-corrected chi connectivity index (χ0v) is 29.2. The van der Waals surface area contributed by atoms with E-state index in [1.54, 1.807) is 0 Å². The van der Waals surface area contributed by atoms with Crippen LogP contribution in [0.4, 0.5) is 0 Å². The first kappa shape index (κ1) is 37.8. The highest BCUT2D eigenvalue weighted by atomic mass is 28.4. The lowest BCUT2D eigenvalue weighted by molar-refractivity contribution is -0.151. The van der Waals surface area contributed by atoms with E-state index in [0.717, 1.165) is 50.2 Å². The Morgan fingerprint density at radius 3 is 1.55 bits per heavy atom. The fraction of sp³-hybridized carbons (Fsp3) is 0.750. The molecule has 1 aliphatic rings. The molecule has 1 aromatic carbocycles. The van der Waals surface area contributed by atoms with Crippen molar-refractivity contribution >= 4 is 26.7 Å². The normalized spacial score (nSPS) is 16.7. The van der Waals surface area contributed by atoms with Crippen LogP contribution >= 0.6 is 0 Å². The average molecular weight is 633 g/mol. The highest BCUT2D eigenvalue weighted by Gasteiger charge is 2.52. The van der Waals surface area contributed by atoms with E-state index in [1.165, 1.54) is 44.1 Å². The average Bonchev–Trinajstić information content (AvgIpc) is 3.00. The molecule has 0 heterocycles. The van der Waals surface area contributed by atoms with Crippen molar-refractivity contribution in [2.45, 2.75) is 162 Å². The first-order chi connectivity index (χ1) is 21.3. The van der Waals surface area contributed by atoms with Crippen LogP contribution in [0.3, 0.4) is 0 Å². The standard InChI is InChI=1S/C36H60O7Si/c1-5-9-12-17-34(37)41-44(42-35(38)18-13-10-6-2,43-36(39)19-14-11-7-3)29-15-28-40-33-26-24-32(25-27-33)31-22-20-30(16-8-4)21-23-31/h24-27,30-31H,5-23,28-29H2,1-4H3. The molecule has 0 aromatic heterocycles. The SMILES string of the molecule is CCCCCC(=O)O[Si](CCCOc1ccc(C2CCC(CCC)CC2)cc1)(OC(=O)CCCCC)OC(=O)CCCCC. The van der Waals surface area contributed by atoms with E-state index in [1.807, 2.05) is 12.1 Å². The zero-order chi connectivity index (χ0) is 32.0. The second-order valence-corrected chi connectivity index (χ2v) is 15.0. The van der Waals surface area contributed by atoms with Gasteiger partial charge in [0.15, 0.2) is 0 Å². The second kappa shape index (κ2) is 22.2. The van der Waals surface area contributed by atoms with Gasteiger partial charge in [-0.05, 0) is 80.9 Å². The number of hydrogen-bond acceptors (Lipinski definition) is 7. The van der Waals surface area contributed by atoms with Crippen molar-refractivity contribution in [1.29, 1.82) is 0 Å². The summed E-state index contributed by atoms with van der Waals surface area (Å²) in [7, 11) is -3.98. The van der Waals surface area contributed by atoms with Crippen LogP contribution in [0.1, 0.15) is 161 Å². The maximum Gasteiger partial charge on any atom is 0.705 e. The Morgan fingerprint density at radius 2 is 1.11 bits per heavy atom.